The van der Waals surface area contributed by atoms with Crippen molar-refractivity contribution in [3.8, 4) is 11.5 Å². The highest BCUT2D eigenvalue weighted by Crippen LogP contribution is 2.34. The summed E-state index contributed by atoms with van der Waals surface area (Å²) in [5.74, 6) is 2.03. The third-order valence-corrected chi connectivity index (χ3v) is 3.46. The summed E-state index contributed by atoms with van der Waals surface area (Å²) in [6.07, 6.45) is 5.28. The van der Waals surface area contributed by atoms with Gasteiger partial charge >= 0.3 is 0 Å². The Kier molecular flexibility index (Phi) is 3.33. The number of aromatic nitrogens is 4. The van der Waals surface area contributed by atoms with Crippen LogP contribution in [0.3, 0.4) is 0 Å². The molecule has 0 amide bonds. The van der Waals surface area contributed by atoms with Crippen molar-refractivity contribution in [2.24, 2.45) is 13.0 Å². The zero-order valence-electron chi connectivity index (χ0n) is 11.3. The molecule has 0 aliphatic heterocycles. The molecule has 0 spiro atoms. The summed E-state index contributed by atoms with van der Waals surface area (Å²) >= 11 is 0. The molecule has 0 radical (unpaired) electrons. The fraction of sp³-hybridized carbons (Fsp3) is 0.615. The molecule has 1 saturated carbocycles. The van der Waals surface area contributed by atoms with E-state index in [0.717, 1.165) is 24.6 Å². The summed E-state index contributed by atoms with van der Waals surface area (Å²) in [6.45, 7) is 3.10. The molecule has 6 nitrogen and oxygen atoms in total. The highest BCUT2D eigenvalue weighted by molar-refractivity contribution is 5.46. The average molecular weight is 261 g/mol. The maximum absolute atomic E-state index is 5.33. The van der Waals surface area contributed by atoms with Crippen LogP contribution >= 0.6 is 0 Å². The Morgan fingerprint density at radius 1 is 1.53 bits per heavy atom. The Morgan fingerprint density at radius 2 is 2.37 bits per heavy atom. The van der Waals surface area contributed by atoms with E-state index in [-0.39, 0.29) is 0 Å². The van der Waals surface area contributed by atoms with Gasteiger partial charge in [0.1, 0.15) is 5.69 Å². The van der Waals surface area contributed by atoms with E-state index in [2.05, 4.69) is 27.5 Å². The molecule has 19 heavy (non-hydrogen) atoms. The average Bonchev–Trinajstić information content (AvgIpc) is 2.99. The molecule has 1 aliphatic carbocycles. The van der Waals surface area contributed by atoms with E-state index in [1.165, 1.54) is 12.8 Å². The van der Waals surface area contributed by atoms with Gasteiger partial charge in [0.05, 0.1) is 0 Å². The maximum Gasteiger partial charge on any atom is 0.228 e. The lowest BCUT2D eigenvalue weighted by atomic mass is 10.1. The van der Waals surface area contributed by atoms with Crippen LogP contribution in [-0.4, -0.2) is 32.5 Å². The van der Waals surface area contributed by atoms with Gasteiger partial charge in [-0.25, -0.2) is 0 Å². The first kappa shape index (κ1) is 12.3. The molecular weight excluding hydrogens is 242 g/mol. The molecule has 102 valence electrons. The normalized spacial score (nSPS) is 16.7. The van der Waals surface area contributed by atoms with Crippen LogP contribution in [0, 0.1) is 5.92 Å². The van der Waals surface area contributed by atoms with Gasteiger partial charge in [-0.1, -0.05) is 12.1 Å². The molecule has 6 heteroatoms. The minimum absolute atomic E-state index is 0.460. The Labute approximate surface area is 112 Å². The van der Waals surface area contributed by atoms with E-state index in [0.29, 0.717) is 17.8 Å². The van der Waals surface area contributed by atoms with Crippen LogP contribution in [0.1, 0.15) is 25.7 Å². The fourth-order valence-corrected chi connectivity index (χ4v) is 2.33. The molecule has 1 N–H and O–H groups in total. The van der Waals surface area contributed by atoms with E-state index < -0.39 is 0 Å². The van der Waals surface area contributed by atoms with Crippen molar-refractivity contribution in [2.45, 2.75) is 32.2 Å². The van der Waals surface area contributed by atoms with Crippen LogP contribution in [0.4, 0.5) is 0 Å². The molecule has 0 bridgehead atoms. The molecule has 3 rings (SSSR count). The second kappa shape index (κ2) is 5.13. The van der Waals surface area contributed by atoms with Crippen molar-refractivity contribution in [2.75, 3.05) is 6.54 Å². The Hall–Kier alpha value is -1.69. The van der Waals surface area contributed by atoms with E-state index in [1.54, 1.807) is 4.68 Å². The lowest BCUT2D eigenvalue weighted by molar-refractivity contribution is 0.348. The minimum Gasteiger partial charge on any atom is -0.339 e. The molecule has 1 aliphatic rings. The second-order valence-corrected chi connectivity index (χ2v) is 5.09. The molecule has 2 aromatic heterocycles. The number of nitrogens with zero attached hydrogens (tertiary/aromatic N) is 4. The first-order valence-corrected chi connectivity index (χ1v) is 6.82. The predicted octanol–water partition coefficient (Wildman–Crippen LogP) is 1.40. The number of nitrogens with one attached hydrogen (secondary N) is 1. The van der Waals surface area contributed by atoms with E-state index in [1.807, 2.05) is 19.3 Å². The maximum atomic E-state index is 5.33. The number of aryl methyl sites for hydroxylation is 1. The molecule has 1 atom stereocenters. The second-order valence-electron chi connectivity index (χ2n) is 5.09. The first-order chi connectivity index (χ1) is 9.26. The lowest BCUT2D eigenvalue weighted by Crippen LogP contribution is -2.33. The zero-order valence-corrected chi connectivity index (χ0v) is 11.3. The Balaban J connectivity index is 1.70. The van der Waals surface area contributed by atoms with E-state index in [9.17, 15) is 0 Å². The van der Waals surface area contributed by atoms with Crippen LogP contribution in [0.2, 0.25) is 0 Å². The van der Waals surface area contributed by atoms with Crippen molar-refractivity contribution in [1.82, 2.24) is 25.2 Å². The Bertz CT molecular complexity index is 543. The molecular formula is C13H19N5O. The zero-order chi connectivity index (χ0) is 13.2. The molecule has 2 aromatic rings. The number of hydrogen-bond donors (Lipinski definition) is 1. The first-order valence-electron chi connectivity index (χ1n) is 6.82. The van der Waals surface area contributed by atoms with Gasteiger partial charge in [0.15, 0.2) is 0 Å². The summed E-state index contributed by atoms with van der Waals surface area (Å²) in [4.78, 5) is 4.43. The molecule has 1 unspecified atom stereocenters. The SMILES string of the molecule is CCNC(Cc1nc(-c2ccn(C)n2)no1)C1CC1. The van der Waals surface area contributed by atoms with Crippen molar-refractivity contribution in [3.63, 3.8) is 0 Å². The standard InChI is InChI=1S/C13H19N5O/c1-3-14-11(9-4-5-9)8-12-15-13(17-19-12)10-6-7-18(2)16-10/h6-7,9,11,14H,3-5,8H2,1-2H3. The van der Waals surface area contributed by atoms with Gasteiger partial charge in [0.25, 0.3) is 0 Å². The summed E-state index contributed by atoms with van der Waals surface area (Å²) in [7, 11) is 1.87. The monoisotopic (exact) mass is 261 g/mol. The van der Waals surface area contributed by atoms with Crippen molar-refractivity contribution < 1.29 is 4.52 Å². The number of rotatable bonds is 6. The quantitative estimate of drug-likeness (QED) is 0.851. The van der Waals surface area contributed by atoms with Crippen LogP contribution in [-0.2, 0) is 13.5 Å². The lowest BCUT2D eigenvalue weighted by Gasteiger charge is -2.14. The summed E-state index contributed by atoms with van der Waals surface area (Å²) in [6, 6.07) is 2.35. The van der Waals surface area contributed by atoms with E-state index in [4.69, 9.17) is 4.52 Å². The molecule has 0 saturated heterocycles. The van der Waals surface area contributed by atoms with Crippen LogP contribution in [0.15, 0.2) is 16.8 Å². The molecule has 0 aromatic carbocycles. The number of likely N-dealkylation sites (N-methyl/N-ethyl adjacent to an activating group) is 1. The van der Waals surface area contributed by atoms with E-state index >= 15 is 0 Å². The van der Waals surface area contributed by atoms with Gasteiger partial charge < -0.3 is 9.84 Å². The van der Waals surface area contributed by atoms with Gasteiger partial charge in [-0.3, -0.25) is 4.68 Å². The largest absolute Gasteiger partial charge is 0.339 e. The summed E-state index contributed by atoms with van der Waals surface area (Å²) < 4.78 is 7.07. The minimum atomic E-state index is 0.460. The van der Waals surface area contributed by atoms with Gasteiger partial charge in [-0.15, -0.1) is 0 Å². The van der Waals surface area contributed by atoms with Gasteiger partial charge in [-0.2, -0.15) is 10.1 Å². The van der Waals surface area contributed by atoms with Crippen molar-refractivity contribution >= 4 is 0 Å². The topological polar surface area (TPSA) is 68.8 Å². The summed E-state index contributed by atoms with van der Waals surface area (Å²) in [5.41, 5.74) is 0.754. The predicted molar refractivity (Wildman–Crippen MR) is 70.4 cm³/mol. The third kappa shape index (κ3) is 2.84. The smallest absolute Gasteiger partial charge is 0.228 e. The molecule has 1 fully saturated rings. The van der Waals surface area contributed by atoms with Crippen LogP contribution in [0.5, 0.6) is 0 Å². The Morgan fingerprint density at radius 3 is 3.00 bits per heavy atom. The fourth-order valence-electron chi connectivity index (χ4n) is 2.33. The highest BCUT2D eigenvalue weighted by Gasteiger charge is 2.32. The molecule has 2 heterocycles. The van der Waals surface area contributed by atoms with Gasteiger partial charge in [0, 0.05) is 25.7 Å². The van der Waals surface area contributed by atoms with Gasteiger partial charge in [-0.05, 0) is 31.4 Å². The van der Waals surface area contributed by atoms with Crippen molar-refractivity contribution in [1.29, 1.82) is 0 Å². The summed E-state index contributed by atoms with van der Waals surface area (Å²) in [5, 5.41) is 11.8. The number of hydrogen-bond acceptors (Lipinski definition) is 5. The van der Waals surface area contributed by atoms with Crippen LogP contribution < -0.4 is 5.32 Å². The highest BCUT2D eigenvalue weighted by atomic mass is 16.5. The van der Waals surface area contributed by atoms with Crippen LogP contribution in [0.25, 0.3) is 11.5 Å². The third-order valence-electron chi connectivity index (χ3n) is 3.46. The van der Waals surface area contributed by atoms with Gasteiger partial charge in [0.2, 0.25) is 11.7 Å². The van der Waals surface area contributed by atoms with Crippen molar-refractivity contribution in [3.05, 3.63) is 18.2 Å².